The quantitative estimate of drug-likeness (QED) is 0.358. The van der Waals surface area contributed by atoms with E-state index in [4.69, 9.17) is 34.8 Å². The zero-order chi connectivity index (χ0) is 25.5. The molecule has 35 heavy (non-hydrogen) atoms. The number of nitrogens with one attached hydrogen (secondary N) is 1. The second-order valence-corrected chi connectivity index (χ2v) is 11.4. The van der Waals surface area contributed by atoms with E-state index in [2.05, 4.69) is 37.9 Å². The molecular formula is C30H38Cl3NO. The third-order valence-corrected chi connectivity index (χ3v) is 8.60. The number of carbonyl (C=O) groups is 1. The van der Waals surface area contributed by atoms with Crippen LogP contribution in [0.4, 0.5) is 5.69 Å². The van der Waals surface area contributed by atoms with E-state index < -0.39 is 0 Å². The lowest BCUT2D eigenvalue weighted by molar-refractivity contribution is -0.121. The summed E-state index contributed by atoms with van der Waals surface area (Å²) in [5.74, 6) is 1.16. The summed E-state index contributed by atoms with van der Waals surface area (Å²) in [4.78, 5) is 13.0. The maximum Gasteiger partial charge on any atom is 0.227 e. The first kappa shape index (κ1) is 28.1. The SMILES string of the molecule is C=C(C)c1cc(NC(=O)C(C)C2CCCC(CCc3c(Cl)cc(CC)cc3Cl)CCC2)ccc1Cl. The highest BCUT2D eigenvalue weighted by Gasteiger charge is 2.26. The normalized spacial score (nSPS) is 19.5. The summed E-state index contributed by atoms with van der Waals surface area (Å²) in [6.45, 7) is 10.1. The molecule has 2 aromatic carbocycles. The summed E-state index contributed by atoms with van der Waals surface area (Å²) < 4.78 is 0. The van der Waals surface area contributed by atoms with E-state index in [1.54, 1.807) is 0 Å². The molecule has 3 rings (SSSR count). The molecule has 190 valence electrons. The number of carbonyl (C=O) groups excluding carboxylic acids is 1. The average Bonchev–Trinajstić information content (AvgIpc) is 2.80. The number of anilines is 1. The molecule has 0 bridgehead atoms. The molecule has 5 heteroatoms. The highest BCUT2D eigenvalue weighted by atomic mass is 35.5. The molecule has 1 aliphatic carbocycles. The number of aryl methyl sites for hydroxylation is 1. The van der Waals surface area contributed by atoms with Gasteiger partial charge in [0.1, 0.15) is 0 Å². The second kappa shape index (κ2) is 13.2. The lowest BCUT2D eigenvalue weighted by Crippen LogP contribution is -2.28. The van der Waals surface area contributed by atoms with Crippen LogP contribution in [0.5, 0.6) is 0 Å². The van der Waals surface area contributed by atoms with Gasteiger partial charge in [-0.2, -0.15) is 0 Å². The van der Waals surface area contributed by atoms with Gasteiger partial charge in [-0.1, -0.05) is 80.9 Å². The van der Waals surface area contributed by atoms with Gasteiger partial charge in [0.15, 0.2) is 0 Å². The van der Waals surface area contributed by atoms with Gasteiger partial charge in [0.2, 0.25) is 5.91 Å². The molecule has 1 fully saturated rings. The van der Waals surface area contributed by atoms with Crippen molar-refractivity contribution in [1.29, 1.82) is 0 Å². The van der Waals surface area contributed by atoms with Crippen molar-refractivity contribution in [3.63, 3.8) is 0 Å². The minimum Gasteiger partial charge on any atom is -0.326 e. The Labute approximate surface area is 226 Å². The Bertz CT molecular complexity index is 1010. The molecule has 1 unspecified atom stereocenters. The Morgan fingerprint density at radius 1 is 1.03 bits per heavy atom. The van der Waals surface area contributed by atoms with Crippen LogP contribution in [0, 0.1) is 17.8 Å². The van der Waals surface area contributed by atoms with Gasteiger partial charge in [0, 0.05) is 26.7 Å². The largest absolute Gasteiger partial charge is 0.326 e. The topological polar surface area (TPSA) is 29.1 Å². The molecule has 1 aliphatic rings. The van der Waals surface area contributed by atoms with Gasteiger partial charge < -0.3 is 5.32 Å². The van der Waals surface area contributed by atoms with Crippen molar-refractivity contribution >= 4 is 52.0 Å². The zero-order valence-corrected chi connectivity index (χ0v) is 23.5. The average molecular weight is 535 g/mol. The maximum absolute atomic E-state index is 13.0. The number of halogens is 3. The summed E-state index contributed by atoms with van der Waals surface area (Å²) in [7, 11) is 0. The van der Waals surface area contributed by atoms with E-state index in [0.717, 1.165) is 77.4 Å². The van der Waals surface area contributed by atoms with E-state index in [9.17, 15) is 4.79 Å². The zero-order valence-electron chi connectivity index (χ0n) is 21.2. The Morgan fingerprint density at radius 2 is 1.66 bits per heavy atom. The van der Waals surface area contributed by atoms with Crippen molar-refractivity contribution in [2.45, 2.75) is 78.6 Å². The van der Waals surface area contributed by atoms with Gasteiger partial charge in [-0.15, -0.1) is 0 Å². The van der Waals surface area contributed by atoms with Crippen molar-refractivity contribution in [2.75, 3.05) is 5.32 Å². The Balaban J connectivity index is 1.51. The first-order valence-electron chi connectivity index (χ1n) is 12.9. The fraction of sp³-hybridized carbons (Fsp3) is 0.500. The molecule has 0 aliphatic heterocycles. The molecule has 1 atom stereocenters. The summed E-state index contributed by atoms with van der Waals surface area (Å²) >= 11 is 19.3. The van der Waals surface area contributed by atoms with E-state index in [1.807, 2.05) is 25.1 Å². The molecule has 2 nitrogen and oxygen atoms in total. The summed E-state index contributed by atoms with van der Waals surface area (Å²) in [6.07, 6.45) is 9.89. The van der Waals surface area contributed by atoms with Crippen LogP contribution in [-0.2, 0) is 17.6 Å². The predicted octanol–water partition coefficient (Wildman–Crippen LogP) is 10.0. The number of rotatable bonds is 8. The van der Waals surface area contributed by atoms with E-state index in [-0.39, 0.29) is 11.8 Å². The Morgan fingerprint density at radius 3 is 2.23 bits per heavy atom. The van der Waals surface area contributed by atoms with Crippen LogP contribution in [0.15, 0.2) is 36.9 Å². The molecule has 0 aromatic heterocycles. The van der Waals surface area contributed by atoms with Gasteiger partial charge >= 0.3 is 0 Å². The van der Waals surface area contributed by atoms with E-state index in [1.165, 1.54) is 18.4 Å². The maximum atomic E-state index is 13.0. The third kappa shape index (κ3) is 7.75. The lowest BCUT2D eigenvalue weighted by atomic mass is 9.78. The molecule has 0 saturated heterocycles. The van der Waals surface area contributed by atoms with Crippen LogP contribution >= 0.6 is 34.8 Å². The van der Waals surface area contributed by atoms with E-state index >= 15 is 0 Å². The standard InChI is InChI=1S/C30H38Cl3NO/c1-5-21-16-28(32)25(29(33)17-21)14-12-22-8-6-10-23(11-7-9-22)20(4)30(35)34-24-13-15-27(31)26(18-24)19(2)3/h13,15-18,20,22-23H,2,5-12,14H2,1,3-4H3,(H,34,35). The minimum atomic E-state index is -0.0230. The first-order chi connectivity index (χ1) is 16.7. The predicted molar refractivity (Wildman–Crippen MR) is 153 cm³/mol. The minimum absolute atomic E-state index is 0.0230. The van der Waals surface area contributed by atoms with Gasteiger partial charge in [0.05, 0.1) is 0 Å². The van der Waals surface area contributed by atoms with E-state index in [0.29, 0.717) is 16.9 Å². The van der Waals surface area contributed by atoms with Crippen LogP contribution < -0.4 is 5.32 Å². The highest BCUT2D eigenvalue weighted by Crippen LogP contribution is 2.35. The number of allylic oxidation sites excluding steroid dienone is 1. The van der Waals surface area contributed by atoms with Crippen molar-refractivity contribution in [2.24, 2.45) is 17.8 Å². The number of benzene rings is 2. The molecule has 1 saturated carbocycles. The summed E-state index contributed by atoms with van der Waals surface area (Å²) in [6, 6.07) is 9.70. The van der Waals surface area contributed by atoms with Crippen molar-refractivity contribution in [1.82, 2.24) is 0 Å². The smallest absolute Gasteiger partial charge is 0.227 e. The van der Waals surface area contributed by atoms with Gasteiger partial charge in [-0.3, -0.25) is 4.79 Å². The molecular weight excluding hydrogens is 497 g/mol. The molecule has 1 N–H and O–H groups in total. The Kier molecular flexibility index (Phi) is 10.6. The molecule has 2 aromatic rings. The van der Waals surface area contributed by atoms with Crippen LogP contribution in [0.25, 0.3) is 5.57 Å². The molecule has 0 heterocycles. The lowest BCUT2D eigenvalue weighted by Gasteiger charge is -2.28. The van der Waals surface area contributed by atoms with Gasteiger partial charge in [0.25, 0.3) is 0 Å². The summed E-state index contributed by atoms with van der Waals surface area (Å²) in [5.41, 5.74) is 4.81. The fourth-order valence-electron chi connectivity index (χ4n) is 5.26. The number of hydrogen-bond acceptors (Lipinski definition) is 1. The monoisotopic (exact) mass is 533 g/mol. The van der Waals surface area contributed by atoms with Crippen LogP contribution in [0.3, 0.4) is 0 Å². The highest BCUT2D eigenvalue weighted by molar-refractivity contribution is 6.36. The van der Waals surface area contributed by atoms with Crippen molar-refractivity contribution < 1.29 is 4.79 Å². The second-order valence-electron chi connectivity index (χ2n) is 10.2. The van der Waals surface area contributed by atoms with Gasteiger partial charge in [-0.05, 0) is 103 Å². The summed E-state index contributed by atoms with van der Waals surface area (Å²) in [5, 5.41) is 5.36. The van der Waals surface area contributed by atoms with Crippen LogP contribution in [-0.4, -0.2) is 5.91 Å². The third-order valence-electron chi connectivity index (χ3n) is 7.60. The molecule has 0 radical (unpaired) electrons. The molecule has 0 spiro atoms. The number of amides is 1. The fourth-order valence-corrected chi connectivity index (χ4v) is 6.26. The van der Waals surface area contributed by atoms with Crippen molar-refractivity contribution in [3.8, 4) is 0 Å². The van der Waals surface area contributed by atoms with Crippen LogP contribution in [0.1, 0.15) is 82.4 Å². The first-order valence-corrected chi connectivity index (χ1v) is 14.1. The molecule has 1 amide bonds. The van der Waals surface area contributed by atoms with Crippen molar-refractivity contribution in [3.05, 3.63) is 68.7 Å². The Hall–Kier alpha value is -1.48. The van der Waals surface area contributed by atoms with Crippen LogP contribution in [0.2, 0.25) is 15.1 Å². The van der Waals surface area contributed by atoms with Gasteiger partial charge in [-0.25, -0.2) is 0 Å². The number of hydrogen-bond donors (Lipinski definition) is 1.